The van der Waals surface area contributed by atoms with Gasteiger partial charge in [0.2, 0.25) is 5.91 Å². The summed E-state index contributed by atoms with van der Waals surface area (Å²) in [6.07, 6.45) is 0.969. The zero-order valence-electron chi connectivity index (χ0n) is 13.7. The third-order valence-electron chi connectivity index (χ3n) is 3.63. The van der Waals surface area contributed by atoms with Crippen LogP contribution in [0.2, 0.25) is 0 Å². The summed E-state index contributed by atoms with van der Waals surface area (Å²) in [5.41, 5.74) is 1.05. The van der Waals surface area contributed by atoms with Crippen LogP contribution in [0.1, 0.15) is 17.4 Å². The van der Waals surface area contributed by atoms with Gasteiger partial charge in [-0.2, -0.15) is 0 Å². The zero-order valence-corrected chi connectivity index (χ0v) is 14.5. The Kier molecular flexibility index (Phi) is 5.97. The molecule has 1 atom stereocenters. The molecule has 122 valence electrons. The number of methoxy groups -OCH3 is 2. The molecule has 1 saturated heterocycles. The molecule has 0 saturated carbocycles. The van der Waals surface area contributed by atoms with Crippen LogP contribution < -0.4 is 9.47 Å². The molecule has 6 heteroatoms. The largest absolute Gasteiger partial charge is 0.497 e. The van der Waals surface area contributed by atoms with Crippen molar-refractivity contribution in [2.75, 3.05) is 47.2 Å². The molecule has 0 aromatic heterocycles. The number of thioether (sulfide) groups is 1. The predicted octanol–water partition coefficient (Wildman–Crippen LogP) is 2.23. The third-order valence-corrected chi connectivity index (χ3v) is 4.89. The van der Waals surface area contributed by atoms with Gasteiger partial charge in [-0.3, -0.25) is 4.79 Å². The van der Waals surface area contributed by atoms with Crippen molar-refractivity contribution in [3.63, 3.8) is 0 Å². The maximum atomic E-state index is 12.2. The highest BCUT2D eigenvalue weighted by Gasteiger charge is 2.32. The minimum absolute atomic E-state index is 0.0404. The summed E-state index contributed by atoms with van der Waals surface area (Å²) >= 11 is 1.66. The second-order valence-corrected chi connectivity index (χ2v) is 6.62. The van der Waals surface area contributed by atoms with E-state index in [-0.39, 0.29) is 11.3 Å². The van der Waals surface area contributed by atoms with Gasteiger partial charge >= 0.3 is 0 Å². The summed E-state index contributed by atoms with van der Waals surface area (Å²) in [6, 6.07) is 5.82. The molecule has 0 aliphatic carbocycles. The molecule has 0 N–H and O–H groups in total. The lowest BCUT2D eigenvalue weighted by molar-refractivity contribution is -0.128. The molecule has 1 aliphatic heterocycles. The second-order valence-electron chi connectivity index (χ2n) is 5.55. The summed E-state index contributed by atoms with van der Waals surface area (Å²) in [5, 5.41) is 0.0404. The van der Waals surface area contributed by atoms with Crippen molar-refractivity contribution < 1.29 is 14.3 Å². The molecule has 1 amide bonds. The van der Waals surface area contributed by atoms with Gasteiger partial charge < -0.3 is 19.3 Å². The lowest BCUT2D eigenvalue weighted by Gasteiger charge is -2.25. The van der Waals surface area contributed by atoms with Gasteiger partial charge in [0.1, 0.15) is 16.9 Å². The Morgan fingerprint density at radius 1 is 1.23 bits per heavy atom. The summed E-state index contributed by atoms with van der Waals surface area (Å²) in [6.45, 7) is 1.75. The van der Waals surface area contributed by atoms with E-state index in [1.54, 1.807) is 26.0 Å². The van der Waals surface area contributed by atoms with Crippen molar-refractivity contribution >= 4 is 17.7 Å². The van der Waals surface area contributed by atoms with Gasteiger partial charge in [0.15, 0.2) is 0 Å². The van der Waals surface area contributed by atoms with E-state index in [2.05, 4.69) is 4.90 Å². The lowest BCUT2D eigenvalue weighted by atomic mass is 10.1. The number of carbonyl (C=O) groups excluding carboxylic acids is 1. The van der Waals surface area contributed by atoms with Gasteiger partial charge in [-0.05, 0) is 44.8 Å². The topological polar surface area (TPSA) is 42.0 Å². The number of benzene rings is 1. The Balaban J connectivity index is 2.16. The van der Waals surface area contributed by atoms with Crippen molar-refractivity contribution in [3.8, 4) is 11.5 Å². The average molecular weight is 324 g/mol. The first-order valence-corrected chi connectivity index (χ1v) is 8.38. The predicted molar refractivity (Wildman–Crippen MR) is 89.6 cm³/mol. The molecule has 1 aliphatic rings. The van der Waals surface area contributed by atoms with Crippen LogP contribution in [-0.2, 0) is 4.79 Å². The summed E-state index contributed by atoms with van der Waals surface area (Å²) in [4.78, 5) is 16.3. The molecule has 1 aromatic rings. The lowest BCUT2D eigenvalue weighted by Crippen LogP contribution is -2.31. The van der Waals surface area contributed by atoms with E-state index < -0.39 is 0 Å². The van der Waals surface area contributed by atoms with E-state index in [1.165, 1.54) is 0 Å². The fourth-order valence-corrected chi connectivity index (χ4v) is 3.70. The second kappa shape index (κ2) is 7.74. The fraction of sp³-hybridized carbons (Fsp3) is 0.562. The van der Waals surface area contributed by atoms with Gasteiger partial charge in [0.05, 0.1) is 20.0 Å². The van der Waals surface area contributed by atoms with Gasteiger partial charge in [-0.1, -0.05) is 0 Å². The minimum Gasteiger partial charge on any atom is -0.497 e. The van der Waals surface area contributed by atoms with E-state index in [0.29, 0.717) is 5.75 Å². The zero-order chi connectivity index (χ0) is 16.1. The number of nitrogens with zero attached hydrogens (tertiary/aromatic N) is 2. The van der Waals surface area contributed by atoms with Crippen LogP contribution in [0.3, 0.4) is 0 Å². The fourth-order valence-electron chi connectivity index (χ4n) is 2.50. The maximum Gasteiger partial charge on any atom is 0.233 e. The molecule has 1 heterocycles. The number of carbonyl (C=O) groups is 1. The maximum absolute atomic E-state index is 12.2. The highest BCUT2D eigenvalue weighted by Crippen LogP contribution is 2.41. The van der Waals surface area contributed by atoms with Gasteiger partial charge in [-0.15, -0.1) is 11.8 Å². The first-order chi connectivity index (χ1) is 10.5. The van der Waals surface area contributed by atoms with Crippen LogP contribution in [0, 0.1) is 0 Å². The number of ether oxygens (including phenoxy) is 2. The third kappa shape index (κ3) is 4.08. The molecular formula is C16H24N2O3S. The van der Waals surface area contributed by atoms with E-state index in [0.717, 1.165) is 36.6 Å². The molecule has 1 fully saturated rings. The number of hydrogen-bond donors (Lipinski definition) is 0. The van der Waals surface area contributed by atoms with Gasteiger partial charge in [0, 0.05) is 12.6 Å². The normalized spacial score (nSPS) is 18.1. The monoisotopic (exact) mass is 324 g/mol. The van der Waals surface area contributed by atoms with E-state index >= 15 is 0 Å². The molecule has 5 nitrogen and oxygen atoms in total. The van der Waals surface area contributed by atoms with Crippen molar-refractivity contribution in [2.24, 2.45) is 0 Å². The van der Waals surface area contributed by atoms with E-state index in [4.69, 9.17) is 9.47 Å². The van der Waals surface area contributed by atoms with Crippen LogP contribution in [0.25, 0.3) is 0 Å². The molecule has 0 radical (unpaired) electrons. The van der Waals surface area contributed by atoms with Crippen LogP contribution in [0.15, 0.2) is 18.2 Å². The molecule has 0 bridgehead atoms. The van der Waals surface area contributed by atoms with Crippen LogP contribution in [-0.4, -0.2) is 62.9 Å². The Morgan fingerprint density at radius 3 is 2.41 bits per heavy atom. The SMILES string of the molecule is COc1cc(OC)cc(C2SCC(=O)N2CCCN(C)C)c1. The molecule has 1 aromatic carbocycles. The van der Waals surface area contributed by atoms with Gasteiger partial charge in [0.25, 0.3) is 0 Å². The minimum atomic E-state index is 0.0404. The Hall–Kier alpha value is -1.40. The van der Waals surface area contributed by atoms with Crippen molar-refractivity contribution in [2.45, 2.75) is 11.8 Å². The Labute approximate surface area is 136 Å². The Bertz CT molecular complexity index is 500. The van der Waals surface area contributed by atoms with Gasteiger partial charge in [-0.25, -0.2) is 0 Å². The molecule has 2 rings (SSSR count). The first kappa shape index (κ1) is 17.0. The van der Waals surface area contributed by atoms with E-state index in [1.807, 2.05) is 37.2 Å². The van der Waals surface area contributed by atoms with Crippen LogP contribution >= 0.6 is 11.8 Å². The average Bonchev–Trinajstić information content (AvgIpc) is 2.87. The van der Waals surface area contributed by atoms with E-state index in [9.17, 15) is 4.79 Å². The molecule has 22 heavy (non-hydrogen) atoms. The van der Waals surface area contributed by atoms with Crippen LogP contribution in [0.5, 0.6) is 11.5 Å². The highest BCUT2D eigenvalue weighted by molar-refractivity contribution is 8.00. The first-order valence-electron chi connectivity index (χ1n) is 7.34. The Morgan fingerprint density at radius 2 is 1.86 bits per heavy atom. The summed E-state index contributed by atoms with van der Waals surface area (Å²) < 4.78 is 10.7. The molecular weight excluding hydrogens is 300 g/mol. The molecule has 1 unspecified atom stereocenters. The smallest absolute Gasteiger partial charge is 0.233 e. The molecule has 0 spiro atoms. The van der Waals surface area contributed by atoms with Crippen molar-refractivity contribution in [3.05, 3.63) is 23.8 Å². The highest BCUT2D eigenvalue weighted by atomic mass is 32.2. The number of rotatable bonds is 7. The number of hydrogen-bond acceptors (Lipinski definition) is 5. The standard InChI is InChI=1S/C16H24N2O3S/c1-17(2)6-5-7-18-15(19)11-22-16(18)12-8-13(20-3)10-14(9-12)21-4/h8-10,16H,5-7,11H2,1-4H3. The van der Waals surface area contributed by atoms with Crippen LogP contribution in [0.4, 0.5) is 0 Å². The summed E-state index contributed by atoms with van der Waals surface area (Å²) in [7, 11) is 7.37. The quantitative estimate of drug-likeness (QED) is 0.769. The number of amides is 1. The van der Waals surface area contributed by atoms with Crippen molar-refractivity contribution in [1.82, 2.24) is 9.80 Å². The summed E-state index contributed by atoms with van der Waals surface area (Å²) in [5.74, 6) is 2.24. The van der Waals surface area contributed by atoms with Crippen molar-refractivity contribution in [1.29, 1.82) is 0 Å².